The Bertz CT molecular complexity index is 1120. The van der Waals surface area contributed by atoms with E-state index in [4.69, 9.17) is 5.26 Å². The van der Waals surface area contributed by atoms with Crippen molar-refractivity contribution >= 4 is 5.91 Å². The van der Waals surface area contributed by atoms with Crippen LogP contribution in [-0.2, 0) is 24.4 Å². The third-order valence-corrected chi connectivity index (χ3v) is 4.57. The molecule has 0 bridgehead atoms. The monoisotopic (exact) mass is 354 g/mol. The lowest BCUT2D eigenvalue weighted by Crippen LogP contribution is -2.29. The number of hydrogen-bond donors (Lipinski definition) is 0. The van der Waals surface area contributed by atoms with Gasteiger partial charge < -0.3 is 4.90 Å². The Morgan fingerprint density at radius 1 is 1.07 bits per heavy atom. The summed E-state index contributed by atoms with van der Waals surface area (Å²) in [6, 6.07) is 17.6. The molecule has 0 spiro atoms. The second kappa shape index (κ2) is 6.74. The maximum absolute atomic E-state index is 12.5. The largest absolute Gasteiger partial charge is 0.332 e. The van der Waals surface area contributed by atoms with E-state index in [1.165, 1.54) is 11.0 Å². The van der Waals surface area contributed by atoms with Crippen LogP contribution in [0.15, 0.2) is 48.8 Å². The molecule has 2 aromatic carbocycles. The summed E-state index contributed by atoms with van der Waals surface area (Å²) in [5, 5.41) is 22.0. The second-order valence-electron chi connectivity index (χ2n) is 6.27. The molecule has 2 heterocycles. The summed E-state index contributed by atoms with van der Waals surface area (Å²) in [5.74, 6) is -0.0344. The van der Waals surface area contributed by atoms with Crippen molar-refractivity contribution in [3.8, 4) is 23.3 Å². The first-order valence-electron chi connectivity index (χ1n) is 8.36. The molecule has 0 saturated heterocycles. The molecule has 0 aliphatic carbocycles. The summed E-state index contributed by atoms with van der Waals surface area (Å²) in [4.78, 5) is 18.1. The standard InChI is InChI=1S/C20H14N6O/c21-8-15-3-1-2-4-18(15)14-5-6-16-10-25(11-17(16)7-14)20(27)12-26-13-23-19(9-22)24-26/h1-7,13H,10-12H2. The number of benzene rings is 2. The Kier molecular flexibility index (Phi) is 4.12. The molecule has 1 aliphatic rings. The minimum Gasteiger partial charge on any atom is -0.332 e. The molecule has 0 atom stereocenters. The van der Waals surface area contributed by atoms with E-state index in [1.807, 2.05) is 42.5 Å². The third kappa shape index (κ3) is 3.14. The molecule has 1 aromatic heterocycles. The van der Waals surface area contributed by atoms with Gasteiger partial charge in [0.15, 0.2) is 0 Å². The maximum atomic E-state index is 12.5. The molecule has 0 unspecified atom stereocenters. The lowest BCUT2D eigenvalue weighted by atomic mass is 9.97. The Labute approximate surface area is 155 Å². The van der Waals surface area contributed by atoms with Crippen LogP contribution in [-0.4, -0.2) is 25.6 Å². The molecule has 1 amide bonds. The van der Waals surface area contributed by atoms with E-state index < -0.39 is 0 Å². The summed E-state index contributed by atoms with van der Waals surface area (Å²) in [5.41, 5.74) is 4.65. The molecule has 0 radical (unpaired) electrons. The average molecular weight is 354 g/mol. The van der Waals surface area contributed by atoms with Gasteiger partial charge >= 0.3 is 0 Å². The molecule has 7 heteroatoms. The number of carbonyl (C=O) groups excluding carboxylic acids is 1. The predicted octanol–water partition coefficient (Wildman–Crippen LogP) is 2.23. The van der Waals surface area contributed by atoms with Crippen LogP contribution in [0, 0.1) is 22.7 Å². The lowest BCUT2D eigenvalue weighted by Gasteiger charge is -2.14. The van der Waals surface area contributed by atoms with Crippen molar-refractivity contribution in [1.82, 2.24) is 19.7 Å². The lowest BCUT2D eigenvalue weighted by molar-refractivity contribution is -0.132. The fourth-order valence-corrected chi connectivity index (χ4v) is 3.23. The fourth-order valence-electron chi connectivity index (χ4n) is 3.23. The van der Waals surface area contributed by atoms with Gasteiger partial charge in [0.2, 0.25) is 5.91 Å². The van der Waals surface area contributed by atoms with Crippen LogP contribution < -0.4 is 0 Å². The van der Waals surface area contributed by atoms with Crippen LogP contribution in [0.1, 0.15) is 22.5 Å². The number of fused-ring (bicyclic) bond motifs is 1. The summed E-state index contributed by atoms with van der Waals surface area (Å²) in [6.07, 6.45) is 1.39. The molecule has 0 saturated carbocycles. The van der Waals surface area contributed by atoms with Gasteiger partial charge in [-0.05, 0) is 34.4 Å². The van der Waals surface area contributed by atoms with Crippen LogP contribution in [0.2, 0.25) is 0 Å². The summed E-state index contributed by atoms with van der Waals surface area (Å²) in [7, 11) is 0. The SMILES string of the molecule is N#Cc1ncn(CC(=O)N2Cc3ccc(-c4ccccc4C#N)cc3C2)n1. The molecular weight excluding hydrogens is 340 g/mol. The van der Waals surface area contributed by atoms with Gasteiger partial charge in [-0.2, -0.15) is 10.5 Å². The van der Waals surface area contributed by atoms with Gasteiger partial charge in [0.05, 0.1) is 11.6 Å². The molecule has 4 rings (SSSR count). The fraction of sp³-hybridized carbons (Fsp3) is 0.150. The van der Waals surface area contributed by atoms with Crippen molar-refractivity contribution in [2.45, 2.75) is 19.6 Å². The van der Waals surface area contributed by atoms with Gasteiger partial charge in [0.25, 0.3) is 5.82 Å². The minimum absolute atomic E-state index is 0.0484. The summed E-state index contributed by atoms with van der Waals surface area (Å²) in [6.45, 7) is 1.09. The molecular formula is C20H14N6O. The quantitative estimate of drug-likeness (QED) is 0.718. The predicted molar refractivity (Wildman–Crippen MR) is 95.6 cm³/mol. The van der Waals surface area contributed by atoms with Crippen molar-refractivity contribution in [3.05, 3.63) is 71.3 Å². The Balaban J connectivity index is 1.53. The first-order valence-corrected chi connectivity index (χ1v) is 8.36. The number of amides is 1. The first kappa shape index (κ1) is 16.5. The molecule has 27 heavy (non-hydrogen) atoms. The average Bonchev–Trinajstić information content (AvgIpc) is 3.33. The Morgan fingerprint density at radius 3 is 2.67 bits per heavy atom. The van der Waals surface area contributed by atoms with Crippen LogP contribution in [0.3, 0.4) is 0 Å². The number of carbonyl (C=O) groups is 1. The van der Waals surface area contributed by atoms with Crippen LogP contribution >= 0.6 is 0 Å². The molecule has 3 aromatic rings. The Morgan fingerprint density at radius 2 is 1.89 bits per heavy atom. The molecule has 1 aliphatic heterocycles. The van der Waals surface area contributed by atoms with Gasteiger partial charge in [-0.25, -0.2) is 9.67 Å². The first-order chi connectivity index (χ1) is 13.2. The summed E-state index contributed by atoms with van der Waals surface area (Å²) < 4.78 is 1.37. The topological polar surface area (TPSA) is 98.6 Å². The zero-order valence-corrected chi connectivity index (χ0v) is 14.3. The van der Waals surface area contributed by atoms with Gasteiger partial charge in [0.1, 0.15) is 18.9 Å². The zero-order valence-electron chi connectivity index (χ0n) is 14.3. The molecule has 0 N–H and O–H groups in total. The van der Waals surface area contributed by atoms with Gasteiger partial charge in [0, 0.05) is 13.1 Å². The highest BCUT2D eigenvalue weighted by atomic mass is 16.2. The maximum Gasteiger partial charge on any atom is 0.252 e. The third-order valence-electron chi connectivity index (χ3n) is 4.57. The minimum atomic E-state index is -0.0837. The van der Waals surface area contributed by atoms with Crippen molar-refractivity contribution in [3.63, 3.8) is 0 Å². The Hall–Kier alpha value is -3.97. The summed E-state index contributed by atoms with van der Waals surface area (Å²) >= 11 is 0. The van der Waals surface area contributed by atoms with Gasteiger partial charge in [-0.3, -0.25) is 4.79 Å². The van der Waals surface area contributed by atoms with E-state index in [0.717, 1.165) is 22.3 Å². The number of nitrogens with zero attached hydrogens (tertiary/aromatic N) is 6. The molecule has 0 fully saturated rings. The van der Waals surface area contributed by atoms with E-state index >= 15 is 0 Å². The van der Waals surface area contributed by atoms with Crippen LogP contribution in [0.4, 0.5) is 0 Å². The van der Waals surface area contributed by atoms with Crippen molar-refractivity contribution < 1.29 is 4.79 Å². The van der Waals surface area contributed by atoms with Crippen molar-refractivity contribution in [2.75, 3.05) is 0 Å². The van der Waals surface area contributed by atoms with E-state index in [-0.39, 0.29) is 18.3 Å². The molecule has 7 nitrogen and oxygen atoms in total. The molecule has 130 valence electrons. The van der Waals surface area contributed by atoms with Crippen LogP contribution in [0.5, 0.6) is 0 Å². The zero-order chi connectivity index (χ0) is 18.8. The van der Waals surface area contributed by atoms with E-state index in [0.29, 0.717) is 18.7 Å². The highest BCUT2D eigenvalue weighted by molar-refractivity contribution is 5.77. The van der Waals surface area contributed by atoms with E-state index in [9.17, 15) is 10.1 Å². The second-order valence-corrected chi connectivity index (χ2v) is 6.27. The number of rotatable bonds is 3. The van der Waals surface area contributed by atoms with Gasteiger partial charge in [-0.1, -0.05) is 30.3 Å². The number of hydrogen-bond acceptors (Lipinski definition) is 5. The van der Waals surface area contributed by atoms with Crippen LogP contribution in [0.25, 0.3) is 11.1 Å². The van der Waals surface area contributed by atoms with E-state index in [1.54, 1.807) is 11.0 Å². The van der Waals surface area contributed by atoms with E-state index in [2.05, 4.69) is 16.2 Å². The normalized spacial score (nSPS) is 12.3. The van der Waals surface area contributed by atoms with Crippen molar-refractivity contribution in [2.24, 2.45) is 0 Å². The number of nitriles is 2. The smallest absolute Gasteiger partial charge is 0.252 e. The van der Waals surface area contributed by atoms with Crippen molar-refractivity contribution in [1.29, 1.82) is 10.5 Å². The number of aromatic nitrogens is 3. The van der Waals surface area contributed by atoms with Gasteiger partial charge in [-0.15, -0.1) is 5.10 Å². The highest BCUT2D eigenvalue weighted by Gasteiger charge is 2.24. The highest BCUT2D eigenvalue weighted by Crippen LogP contribution is 2.30.